The van der Waals surface area contributed by atoms with E-state index in [4.69, 9.17) is 27.9 Å². The van der Waals surface area contributed by atoms with E-state index in [0.717, 1.165) is 0 Å². The summed E-state index contributed by atoms with van der Waals surface area (Å²) in [6, 6.07) is 3.85. The summed E-state index contributed by atoms with van der Waals surface area (Å²) < 4.78 is 5.41. The van der Waals surface area contributed by atoms with E-state index in [9.17, 15) is 14.4 Å². The number of halogens is 2. The van der Waals surface area contributed by atoms with Gasteiger partial charge in [-0.1, -0.05) is 29.3 Å². The highest BCUT2D eigenvalue weighted by Crippen LogP contribution is 2.36. The molecule has 1 atom stereocenters. The van der Waals surface area contributed by atoms with Crippen molar-refractivity contribution in [1.29, 1.82) is 0 Å². The van der Waals surface area contributed by atoms with Crippen LogP contribution in [-0.2, 0) is 9.53 Å². The Hall–Kier alpha value is -2.49. The summed E-state index contributed by atoms with van der Waals surface area (Å²) in [4.78, 5) is 44.1. The van der Waals surface area contributed by atoms with Crippen LogP contribution in [0.5, 0.6) is 0 Å². The van der Waals surface area contributed by atoms with Gasteiger partial charge in [-0.2, -0.15) is 0 Å². The first-order chi connectivity index (χ1) is 16.7. The molecule has 1 aromatic carbocycles. The maximum absolute atomic E-state index is 13.2. The number of hydrogen-bond donors (Lipinski definition) is 2. The van der Waals surface area contributed by atoms with E-state index >= 15 is 0 Å². The van der Waals surface area contributed by atoms with Crippen LogP contribution in [-0.4, -0.2) is 84.6 Å². The number of esters is 1. The number of ether oxygens (including phenoxy) is 1. The van der Waals surface area contributed by atoms with E-state index in [1.54, 1.807) is 34.9 Å². The lowest BCUT2D eigenvalue weighted by molar-refractivity contribution is -0.139. The Morgan fingerprint density at radius 2 is 1.86 bits per heavy atom. The summed E-state index contributed by atoms with van der Waals surface area (Å²) in [5.74, 6) is -0.507. The molecule has 1 aromatic rings. The van der Waals surface area contributed by atoms with Gasteiger partial charge in [0.1, 0.15) is 0 Å². The van der Waals surface area contributed by atoms with Gasteiger partial charge in [0.05, 0.1) is 18.2 Å². The van der Waals surface area contributed by atoms with Crippen molar-refractivity contribution in [2.24, 2.45) is 0 Å². The number of carbonyl (C=O) groups excluding carboxylic acids is 3. The number of benzene rings is 1. The standard InChI is InChI=1S/C24H33Cl2N5O4/c1-5-31-19(14-29-9-11-30(12-10-29)23(33)27-15(3)4)20(22(32)35-6-2)21(28-24(31)34)17-8-7-16(25)13-18(17)26/h7-8,13,15,21H,5-6,9-12,14H2,1-4H3,(H,27,33)(H,28,34)/t21-/m0/s1. The summed E-state index contributed by atoms with van der Waals surface area (Å²) in [7, 11) is 0. The molecule has 0 saturated carbocycles. The largest absolute Gasteiger partial charge is 0.463 e. The monoisotopic (exact) mass is 525 g/mol. The zero-order chi connectivity index (χ0) is 25.7. The molecule has 9 nitrogen and oxygen atoms in total. The van der Waals surface area contributed by atoms with Gasteiger partial charge in [0, 0.05) is 61.1 Å². The molecule has 0 radical (unpaired) electrons. The molecule has 1 fully saturated rings. The Bertz CT molecular complexity index is 992. The summed E-state index contributed by atoms with van der Waals surface area (Å²) in [5, 5.41) is 6.63. The van der Waals surface area contributed by atoms with Crippen LogP contribution >= 0.6 is 23.2 Å². The van der Waals surface area contributed by atoms with Gasteiger partial charge >= 0.3 is 18.0 Å². The molecule has 0 bridgehead atoms. The molecular formula is C24H33Cl2N5O4. The van der Waals surface area contributed by atoms with E-state index in [2.05, 4.69) is 15.5 Å². The van der Waals surface area contributed by atoms with Gasteiger partial charge in [-0.25, -0.2) is 14.4 Å². The van der Waals surface area contributed by atoms with Gasteiger partial charge < -0.3 is 20.3 Å². The van der Waals surface area contributed by atoms with Crippen molar-refractivity contribution in [3.63, 3.8) is 0 Å². The Labute approximate surface area is 216 Å². The van der Waals surface area contributed by atoms with E-state index < -0.39 is 12.0 Å². The van der Waals surface area contributed by atoms with Crippen LogP contribution in [0.4, 0.5) is 9.59 Å². The first-order valence-corrected chi connectivity index (χ1v) is 12.6. The molecule has 2 heterocycles. The molecule has 0 aromatic heterocycles. The van der Waals surface area contributed by atoms with Crippen molar-refractivity contribution in [2.45, 2.75) is 39.8 Å². The number of rotatable bonds is 7. The summed E-state index contributed by atoms with van der Waals surface area (Å²) >= 11 is 12.5. The molecule has 0 spiro atoms. The average molecular weight is 526 g/mol. The minimum Gasteiger partial charge on any atom is -0.463 e. The lowest BCUT2D eigenvalue weighted by Crippen LogP contribution is -2.55. The molecule has 35 heavy (non-hydrogen) atoms. The zero-order valence-corrected chi connectivity index (χ0v) is 22.1. The van der Waals surface area contributed by atoms with Crippen molar-refractivity contribution in [2.75, 3.05) is 45.9 Å². The van der Waals surface area contributed by atoms with E-state index in [1.165, 1.54) is 0 Å². The van der Waals surface area contributed by atoms with Crippen LogP contribution in [0.25, 0.3) is 0 Å². The second kappa shape index (κ2) is 12.0. The van der Waals surface area contributed by atoms with Crippen LogP contribution < -0.4 is 10.6 Å². The molecule has 2 aliphatic heterocycles. The van der Waals surface area contributed by atoms with Crippen LogP contribution in [0, 0.1) is 0 Å². The molecule has 192 valence electrons. The van der Waals surface area contributed by atoms with E-state index in [-0.39, 0.29) is 24.7 Å². The Morgan fingerprint density at radius 3 is 2.43 bits per heavy atom. The van der Waals surface area contributed by atoms with Crippen LogP contribution in [0.3, 0.4) is 0 Å². The van der Waals surface area contributed by atoms with Gasteiger partial charge in [-0.15, -0.1) is 0 Å². The van der Waals surface area contributed by atoms with Crippen molar-refractivity contribution in [3.8, 4) is 0 Å². The summed E-state index contributed by atoms with van der Waals surface area (Å²) in [5.41, 5.74) is 1.49. The van der Waals surface area contributed by atoms with Gasteiger partial charge in [0.25, 0.3) is 0 Å². The van der Waals surface area contributed by atoms with Crippen molar-refractivity contribution >= 4 is 41.2 Å². The fraction of sp³-hybridized carbons (Fsp3) is 0.542. The summed E-state index contributed by atoms with van der Waals surface area (Å²) in [6.07, 6.45) is 0. The van der Waals surface area contributed by atoms with Gasteiger partial charge in [-0.05, 0) is 45.4 Å². The Morgan fingerprint density at radius 1 is 1.17 bits per heavy atom. The third-order valence-electron chi connectivity index (χ3n) is 5.97. The predicted octanol–water partition coefficient (Wildman–Crippen LogP) is 3.63. The van der Waals surface area contributed by atoms with Crippen molar-refractivity contribution in [1.82, 2.24) is 25.3 Å². The highest BCUT2D eigenvalue weighted by atomic mass is 35.5. The van der Waals surface area contributed by atoms with Crippen molar-refractivity contribution < 1.29 is 19.1 Å². The number of likely N-dealkylation sites (N-methyl/N-ethyl adjacent to an activating group) is 1. The minimum absolute atomic E-state index is 0.0633. The lowest BCUT2D eigenvalue weighted by Gasteiger charge is -2.40. The lowest BCUT2D eigenvalue weighted by atomic mass is 9.94. The molecule has 1 saturated heterocycles. The second-order valence-corrected chi connectivity index (χ2v) is 9.58. The first kappa shape index (κ1) is 27.1. The normalized spacial score (nSPS) is 19.2. The van der Waals surface area contributed by atoms with Crippen LogP contribution in [0.1, 0.15) is 39.3 Å². The summed E-state index contributed by atoms with van der Waals surface area (Å²) in [6.45, 7) is 10.7. The van der Waals surface area contributed by atoms with E-state index in [0.29, 0.717) is 66.1 Å². The zero-order valence-electron chi connectivity index (χ0n) is 20.6. The number of nitrogens with zero attached hydrogens (tertiary/aromatic N) is 3. The number of hydrogen-bond acceptors (Lipinski definition) is 5. The highest BCUT2D eigenvalue weighted by molar-refractivity contribution is 6.35. The van der Waals surface area contributed by atoms with Gasteiger partial charge in [0.2, 0.25) is 0 Å². The number of piperazine rings is 1. The van der Waals surface area contributed by atoms with Crippen molar-refractivity contribution in [3.05, 3.63) is 45.1 Å². The number of urea groups is 2. The van der Waals surface area contributed by atoms with Crippen LogP contribution in [0.15, 0.2) is 29.5 Å². The molecule has 2 N–H and O–H groups in total. The molecule has 0 aliphatic carbocycles. The van der Waals surface area contributed by atoms with Gasteiger partial charge in [0.15, 0.2) is 0 Å². The number of carbonyl (C=O) groups is 3. The molecule has 2 aliphatic rings. The highest BCUT2D eigenvalue weighted by Gasteiger charge is 2.39. The molecule has 0 unspecified atom stereocenters. The Balaban J connectivity index is 1.94. The number of amides is 4. The third-order valence-corrected chi connectivity index (χ3v) is 6.53. The molecule has 3 rings (SSSR count). The predicted molar refractivity (Wildman–Crippen MR) is 135 cm³/mol. The SMILES string of the molecule is CCOC(=O)C1=C(CN2CCN(C(=O)NC(C)C)CC2)N(CC)C(=O)N[C@H]1c1ccc(Cl)cc1Cl. The fourth-order valence-corrected chi connectivity index (χ4v) is 4.80. The minimum atomic E-state index is -0.776. The Kier molecular flexibility index (Phi) is 9.27. The molecule has 4 amide bonds. The number of nitrogens with one attached hydrogen (secondary N) is 2. The average Bonchev–Trinajstić information content (AvgIpc) is 2.79. The quantitative estimate of drug-likeness (QED) is 0.530. The van der Waals surface area contributed by atoms with E-state index in [1.807, 2.05) is 20.8 Å². The maximum atomic E-state index is 13.2. The molecule has 11 heteroatoms. The second-order valence-electron chi connectivity index (χ2n) is 8.74. The maximum Gasteiger partial charge on any atom is 0.338 e. The topological polar surface area (TPSA) is 94.2 Å². The van der Waals surface area contributed by atoms with Gasteiger partial charge in [-0.3, -0.25) is 9.80 Å². The first-order valence-electron chi connectivity index (χ1n) is 11.9. The third kappa shape index (κ3) is 6.39. The smallest absolute Gasteiger partial charge is 0.338 e. The van der Waals surface area contributed by atoms with Crippen LogP contribution in [0.2, 0.25) is 10.0 Å². The molecular weight excluding hydrogens is 493 g/mol. The fourth-order valence-electron chi connectivity index (χ4n) is 4.29.